The maximum atomic E-state index is 10.6. The maximum absolute atomic E-state index is 10.6. The van der Waals surface area contributed by atoms with Crippen molar-refractivity contribution in [2.24, 2.45) is 5.73 Å². The summed E-state index contributed by atoms with van der Waals surface area (Å²) < 4.78 is 5.18. The van der Waals surface area contributed by atoms with Gasteiger partial charge in [0.2, 0.25) is 0 Å². The molecule has 0 aliphatic carbocycles. The third-order valence-corrected chi connectivity index (χ3v) is 3.72. The van der Waals surface area contributed by atoms with Crippen LogP contribution in [-0.4, -0.2) is 18.8 Å². The van der Waals surface area contributed by atoms with Gasteiger partial charge in [0.05, 0.1) is 13.2 Å². The third-order valence-electron chi connectivity index (χ3n) is 3.38. The average molecular weight is 292 g/mol. The van der Waals surface area contributed by atoms with Crippen molar-refractivity contribution in [1.29, 1.82) is 0 Å². The van der Waals surface area contributed by atoms with E-state index in [1.54, 1.807) is 13.2 Å². The Morgan fingerprint density at radius 2 is 1.95 bits per heavy atom. The molecule has 0 heterocycles. The van der Waals surface area contributed by atoms with Crippen molar-refractivity contribution >= 4 is 11.6 Å². The van der Waals surface area contributed by atoms with Crippen LogP contribution in [0, 0.1) is 0 Å². The third kappa shape index (κ3) is 3.12. The molecule has 3 N–H and O–H groups in total. The van der Waals surface area contributed by atoms with E-state index in [2.05, 4.69) is 0 Å². The van der Waals surface area contributed by atoms with Crippen molar-refractivity contribution < 1.29 is 9.84 Å². The van der Waals surface area contributed by atoms with Gasteiger partial charge in [-0.05, 0) is 29.3 Å². The van der Waals surface area contributed by atoms with Crippen molar-refractivity contribution in [3.8, 4) is 5.75 Å². The molecule has 0 fully saturated rings. The predicted molar refractivity (Wildman–Crippen MR) is 81.2 cm³/mol. The van der Waals surface area contributed by atoms with E-state index >= 15 is 0 Å². The molecule has 0 aliphatic heterocycles. The standard InChI is InChI=1S/C16H18ClNO2/c1-20-12-6-4-5-11(9-12)16(19)14(10-18)13-7-2-3-8-15(13)17/h2-9,14,16,19H,10,18H2,1H3. The van der Waals surface area contributed by atoms with Crippen molar-refractivity contribution in [2.45, 2.75) is 12.0 Å². The Bertz CT molecular complexity index is 574. The van der Waals surface area contributed by atoms with Crippen molar-refractivity contribution in [3.05, 3.63) is 64.7 Å². The molecular formula is C16H18ClNO2. The van der Waals surface area contributed by atoms with Crippen molar-refractivity contribution in [2.75, 3.05) is 13.7 Å². The van der Waals surface area contributed by atoms with E-state index in [1.807, 2.05) is 42.5 Å². The Hall–Kier alpha value is -1.55. The van der Waals surface area contributed by atoms with Gasteiger partial charge in [0.25, 0.3) is 0 Å². The first-order valence-electron chi connectivity index (χ1n) is 6.44. The molecule has 0 saturated carbocycles. The lowest BCUT2D eigenvalue weighted by Gasteiger charge is -2.23. The number of nitrogens with two attached hydrogens (primary N) is 1. The van der Waals surface area contributed by atoms with Crippen LogP contribution in [0.1, 0.15) is 23.1 Å². The lowest BCUT2D eigenvalue weighted by Crippen LogP contribution is -2.20. The summed E-state index contributed by atoms with van der Waals surface area (Å²) in [6, 6.07) is 14.8. The summed E-state index contributed by atoms with van der Waals surface area (Å²) in [5.74, 6) is 0.451. The van der Waals surface area contributed by atoms with Gasteiger partial charge in [-0.3, -0.25) is 0 Å². The van der Waals surface area contributed by atoms with Gasteiger partial charge in [0.15, 0.2) is 0 Å². The fourth-order valence-electron chi connectivity index (χ4n) is 2.26. The second kappa shape index (κ2) is 6.75. The summed E-state index contributed by atoms with van der Waals surface area (Å²) in [4.78, 5) is 0. The summed E-state index contributed by atoms with van der Waals surface area (Å²) in [7, 11) is 1.60. The molecule has 0 bridgehead atoms. The minimum absolute atomic E-state index is 0.254. The number of halogens is 1. The monoisotopic (exact) mass is 291 g/mol. The van der Waals surface area contributed by atoms with E-state index in [1.165, 1.54) is 0 Å². The second-order valence-electron chi connectivity index (χ2n) is 4.59. The van der Waals surface area contributed by atoms with Gasteiger partial charge in [-0.2, -0.15) is 0 Å². The highest BCUT2D eigenvalue weighted by Crippen LogP contribution is 2.34. The molecular weight excluding hydrogens is 274 g/mol. The predicted octanol–water partition coefficient (Wildman–Crippen LogP) is 3.12. The first-order chi connectivity index (χ1) is 9.67. The molecule has 20 heavy (non-hydrogen) atoms. The van der Waals surface area contributed by atoms with Crippen LogP contribution < -0.4 is 10.5 Å². The first-order valence-corrected chi connectivity index (χ1v) is 6.81. The minimum Gasteiger partial charge on any atom is -0.497 e. The molecule has 2 aromatic carbocycles. The normalized spacial score (nSPS) is 13.8. The molecule has 0 radical (unpaired) electrons. The van der Waals surface area contributed by atoms with Gasteiger partial charge in [-0.25, -0.2) is 0 Å². The van der Waals surface area contributed by atoms with Crippen LogP contribution in [0.25, 0.3) is 0 Å². The summed E-state index contributed by atoms with van der Waals surface area (Å²) in [6.45, 7) is 0.308. The van der Waals surface area contributed by atoms with Gasteiger partial charge < -0.3 is 15.6 Å². The van der Waals surface area contributed by atoms with Crippen LogP contribution in [0.5, 0.6) is 5.75 Å². The topological polar surface area (TPSA) is 55.5 Å². The van der Waals surface area contributed by atoms with Crippen LogP contribution in [0.2, 0.25) is 5.02 Å². The average Bonchev–Trinajstić information content (AvgIpc) is 2.49. The number of rotatable bonds is 5. The zero-order chi connectivity index (χ0) is 14.5. The summed E-state index contributed by atoms with van der Waals surface area (Å²) in [6.07, 6.45) is -0.727. The molecule has 2 aromatic rings. The molecule has 0 aliphatic rings. The SMILES string of the molecule is COc1cccc(C(O)C(CN)c2ccccc2Cl)c1. The lowest BCUT2D eigenvalue weighted by molar-refractivity contribution is 0.147. The number of ether oxygens (including phenoxy) is 1. The molecule has 2 atom stereocenters. The zero-order valence-electron chi connectivity index (χ0n) is 11.3. The number of benzene rings is 2. The van der Waals surface area contributed by atoms with Gasteiger partial charge in [-0.1, -0.05) is 41.9 Å². The minimum atomic E-state index is -0.727. The Balaban J connectivity index is 2.33. The molecule has 0 amide bonds. The summed E-state index contributed by atoms with van der Waals surface area (Å²) >= 11 is 6.20. The van der Waals surface area contributed by atoms with E-state index in [0.717, 1.165) is 11.1 Å². The highest BCUT2D eigenvalue weighted by Gasteiger charge is 2.23. The number of methoxy groups -OCH3 is 1. The van der Waals surface area contributed by atoms with Gasteiger partial charge >= 0.3 is 0 Å². The van der Waals surface area contributed by atoms with Crippen LogP contribution >= 0.6 is 11.6 Å². The van der Waals surface area contributed by atoms with Crippen LogP contribution in [0.4, 0.5) is 0 Å². The van der Waals surface area contributed by atoms with Crippen LogP contribution in [0.15, 0.2) is 48.5 Å². The van der Waals surface area contributed by atoms with Crippen LogP contribution in [0.3, 0.4) is 0 Å². The molecule has 4 heteroatoms. The Morgan fingerprint density at radius 3 is 2.60 bits per heavy atom. The van der Waals surface area contributed by atoms with Crippen molar-refractivity contribution in [3.63, 3.8) is 0 Å². The Kier molecular flexibility index (Phi) is 5.01. The largest absolute Gasteiger partial charge is 0.497 e. The maximum Gasteiger partial charge on any atom is 0.119 e. The summed E-state index contributed by atoms with van der Waals surface area (Å²) in [5.41, 5.74) is 7.45. The van der Waals surface area contributed by atoms with E-state index in [4.69, 9.17) is 22.1 Å². The van der Waals surface area contributed by atoms with Crippen LogP contribution in [-0.2, 0) is 0 Å². The molecule has 2 rings (SSSR count). The number of aliphatic hydroxyl groups is 1. The number of hydrogen-bond acceptors (Lipinski definition) is 3. The number of aliphatic hydroxyl groups excluding tert-OH is 1. The van der Waals surface area contributed by atoms with E-state index < -0.39 is 6.10 Å². The van der Waals surface area contributed by atoms with E-state index in [-0.39, 0.29) is 5.92 Å². The molecule has 3 nitrogen and oxygen atoms in total. The van der Waals surface area contributed by atoms with Crippen molar-refractivity contribution in [1.82, 2.24) is 0 Å². The summed E-state index contributed by atoms with van der Waals surface area (Å²) in [5, 5.41) is 11.2. The smallest absolute Gasteiger partial charge is 0.119 e. The van der Waals surface area contributed by atoms with Gasteiger partial charge in [-0.15, -0.1) is 0 Å². The molecule has 0 saturated heterocycles. The molecule has 106 valence electrons. The Morgan fingerprint density at radius 1 is 1.20 bits per heavy atom. The van der Waals surface area contributed by atoms with Gasteiger partial charge in [0.1, 0.15) is 5.75 Å². The van der Waals surface area contributed by atoms with Gasteiger partial charge in [0, 0.05) is 17.5 Å². The fourth-order valence-corrected chi connectivity index (χ4v) is 2.54. The highest BCUT2D eigenvalue weighted by molar-refractivity contribution is 6.31. The van der Waals surface area contributed by atoms with E-state index in [9.17, 15) is 5.11 Å². The zero-order valence-corrected chi connectivity index (χ0v) is 12.0. The molecule has 2 unspecified atom stereocenters. The molecule has 0 spiro atoms. The lowest BCUT2D eigenvalue weighted by atomic mass is 9.89. The molecule has 0 aromatic heterocycles. The first kappa shape index (κ1) is 14.9. The number of hydrogen-bond donors (Lipinski definition) is 2. The van der Waals surface area contributed by atoms with E-state index in [0.29, 0.717) is 17.3 Å². The highest BCUT2D eigenvalue weighted by atomic mass is 35.5. The fraction of sp³-hybridized carbons (Fsp3) is 0.250. The quantitative estimate of drug-likeness (QED) is 0.890. The Labute approximate surface area is 123 Å². The second-order valence-corrected chi connectivity index (χ2v) is 4.99.